The Morgan fingerprint density at radius 3 is 2.56 bits per heavy atom. The van der Waals surface area contributed by atoms with Crippen molar-refractivity contribution in [3.8, 4) is 5.75 Å². The maximum atomic E-state index is 9.72. The third-order valence-electron chi connectivity index (χ3n) is 2.57. The topological polar surface area (TPSA) is 43.7 Å². The molecule has 1 aromatic carbocycles. The molecule has 0 aliphatic carbocycles. The number of aliphatic hydroxyl groups excluding tert-OH is 1. The summed E-state index contributed by atoms with van der Waals surface area (Å²) in [5.41, 5.74) is 0.714. The van der Waals surface area contributed by atoms with E-state index in [-0.39, 0.29) is 12.4 Å². The van der Waals surface area contributed by atoms with Gasteiger partial charge in [0.05, 0.1) is 6.61 Å². The molecule has 0 aliphatic rings. The summed E-state index contributed by atoms with van der Waals surface area (Å²) in [6.45, 7) is 5.31. The summed E-state index contributed by atoms with van der Waals surface area (Å²) in [4.78, 5) is 2.06. The van der Waals surface area contributed by atoms with Crippen molar-refractivity contribution in [3.63, 3.8) is 0 Å². The zero-order chi connectivity index (χ0) is 12.1. The summed E-state index contributed by atoms with van der Waals surface area (Å²) in [6.07, 6.45) is 0. The second-order valence-electron chi connectivity index (χ2n) is 4.03. The van der Waals surface area contributed by atoms with Gasteiger partial charge in [0.25, 0.3) is 0 Å². The number of hydrogen-bond acceptors (Lipinski definition) is 3. The number of phenols is 1. The molecule has 0 heterocycles. The minimum Gasteiger partial charge on any atom is -0.508 e. The van der Waals surface area contributed by atoms with Crippen LogP contribution in [0.25, 0.3) is 0 Å². The van der Waals surface area contributed by atoms with Crippen molar-refractivity contribution in [3.05, 3.63) is 28.8 Å². The van der Waals surface area contributed by atoms with E-state index < -0.39 is 0 Å². The highest BCUT2D eigenvalue weighted by molar-refractivity contribution is 6.31. The maximum Gasteiger partial charge on any atom is 0.121 e. The molecule has 0 aromatic heterocycles. The van der Waals surface area contributed by atoms with Crippen LogP contribution in [0.4, 0.5) is 0 Å². The number of aliphatic hydroxyl groups is 1. The van der Waals surface area contributed by atoms with Crippen molar-refractivity contribution in [2.45, 2.75) is 26.4 Å². The molecule has 0 aliphatic heterocycles. The Kier molecular flexibility index (Phi) is 5.06. The lowest BCUT2D eigenvalue weighted by Gasteiger charge is -2.26. The molecule has 0 bridgehead atoms. The van der Waals surface area contributed by atoms with Crippen LogP contribution < -0.4 is 0 Å². The standard InChI is InChI=1S/C12H18ClNO2/c1-9(2)14(6-7-15)8-10-11(13)4-3-5-12(10)16/h3-5,9,15-16H,6-8H2,1-2H3. The summed E-state index contributed by atoms with van der Waals surface area (Å²) in [7, 11) is 0. The van der Waals surface area contributed by atoms with Crippen LogP contribution in [-0.2, 0) is 6.54 Å². The lowest BCUT2D eigenvalue weighted by atomic mass is 10.1. The highest BCUT2D eigenvalue weighted by Crippen LogP contribution is 2.27. The van der Waals surface area contributed by atoms with Crippen molar-refractivity contribution in [2.75, 3.05) is 13.2 Å². The molecular weight excluding hydrogens is 226 g/mol. The summed E-state index contributed by atoms with van der Waals surface area (Å²) in [6, 6.07) is 5.39. The SMILES string of the molecule is CC(C)N(CCO)Cc1c(O)cccc1Cl. The van der Waals surface area contributed by atoms with E-state index in [0.29, 0.717) is 29.7 Å². The van der Waals surface area contributed by atoms with Gasteiger partial charge in [0.2, 0.25) is 0 Å². The monoisotopic (exact) mass is 243 g/mol. The summed E-state index contributed by atoms with van der Waals surface area (Å²) < 4.78 is 0. The normalized spacial score (nSPS) is 11.4. The molecular formula is C12H18ClNO2. The third kappa shape index (κ3) is 3.37. The largest absolute Gasteiger partial charge is 0.508 e. The van der Waals surface area contributed by atoms with Crippen LogP contribution in [0.15, 0.2) is 18.2 Å². The average molecular weight is 244 g/mol. The first-order chi connectivity index (χ1) is 7.56. The molecule has 1 aromatic rings. The van der Waals surface area contributed by atoms with Crippen LogP contribution in [0.3, 0.4) is 0 Å². The van der Waals surface area contributed by atoms with Gasteiger partial charge in [-0.25, -0.2) is 0 Å². The summed E-state index contributed by atoms with van der Waals surface area (Å²) in [5, 5.41) is 19.2. The van der Waals surface area contributed by atoms with Gasteiger partial charge in [0.15, 0.2) is 0 Å². The highest BCUT2D eigenvalue weighted by Gasteiger charge is 2.14. The minimum atomic E-state index is 0.101. The second-order valence-corrected chi connectivity index (χ2v) is 4.43. The Bertz CT molecular complexity index is 322. The quantitative estimate of drug-likeness (QED) is 0.834. The van der Waals surface area contributed by atoms with Crippen LogP contribution in [0, 0.1) is 0 Å². The molecule has 0 spiro atoms. The predicted octanol–water partition coefficient (Wildman–Crippen LogP) is 2.25. The lowest BCUT2D eigenvalue weighted by molar-refractivity contribution is 0.158. The number of hydrogen-bond donors (Lipinski definition) is 2. The van der Waals surface area contributed by atoms with Crippen molar-refractivity contribution in [1.82, 2.24) is 4.90 Å². The molecule has 0 atom stereocenters. The van der Waals surface area contributed by atoms with Crippen LogP contribution in [0.1, 0.15) is 19.4 Å². The molecule has 0 saturated carbocycles. The van der Waals surface area contributed by atoms with E-state index in [1.54, 1.807) is 18.2 Å². The van der Waals surface area contributed by atoms with Gasteiger partial charge in [0, 0.05) is 29.7 Å². The zero-order valence-corrected chi connectivity index (χ0v) is 10.4. The van der Waals surface area contributed by atoms with Gasteiger partial charge in [-0.1, -0.05) is 17.7 Å². The van der Waals surface area contributed by atoms with Crippen LogP contribution in [-0.4, -0.2) is 34.3 Å². The first kappa shape index (κ1) is 13.3. The van der Waals surface area contributed by atoms with Crippen molar-refractivity contribution >= 4 is 11.6 Å². The molecule has 0 amide bonds. The van der Waals surface area contributed by atoms with Gasteiger partial charge in [-0.3, -0.25) is 4.90 Å². The number of rotatable bonds is 5. The third-order valence-corrected chi connectivity index (χ3v) is 2.93. The van der Waals surface area contributed by atoms with Crippen molar-refractivity contribution < 1.29 is 10.2 Å². The number of halogens is 1. The smallest absolute Gasteiger partial charge is 0.121 e. The lowest BCUT2D eigenvalue weighted by Crippen LogP contribution is -2.33. The molecule has 0 unspecified atom stereocenters. The zero-order valence-electron chi connectivity index (χ0n) is 9.65. The number of nitrogens with zero attached hydrogens (tertiary/aromatic N) is 1. The molecule has 3 nitrogen and oxygen atoms in total. The van der Waals surface area contributed by atoms with Crippen LogP contribution in [0.5, 0.6) is 5.75 Å². The van der Waals surface area contributed by atoms with Crippen LogP contribution >= 0.6 is 11.6 Å². The Balaban J connectivity index is 2.84. The van der Waals surface area contributed by atoms with Crippen molar-refractivity contribution in [2.24, 2.45) is 0 Å². The average Bonchev–Trinajstić information content (AvgIpc) is 2.21. The van der Waals surface area contributed by atoms with E-state index in [1.165, 1.54) is 0 Å². The molecule has 0 radical (unpaired) electrons. The first-order valence-corrected chi connectivity index (χ1v) is 5.75. The Morgan fingerprint density at radius 1 is 1.38 bits per heavy atom. The van der Waals surface area contributed by atoms with E-state index in [2.05, 4.69) is 4.90 Å². The fraction of sp³-hybridized carbons (Fsp3) is 0.500. The molecule has 2 N–H and O–H groups in total. The van der Waals surface area contributed by atoms with E-state index >= 15 is 0 Å². The van der Waals surface area contributed by atoms with Crippen molar-refractivity contribution in [1.29, 1.82) is 0 Å². The first-order valence-electron chi connectivity index (χ1n) is 5.37. The highest BCUT2D eigenvalue weighted by atomic mass is 35.5. The molecule has 4 heteroatoms. The molecule has 0 fully saturated rings. The van der Waals surface area contributed by atoms with E-state index in [0.717, 1.165) is 0 Å². The number of aromatic hydroxyl groups is 1. The van der Waals surface area contributed by atoms with Gasteiger partial charge in [-0.05, 0) is 26.0 Å². The predicted molar refractivity (Wildman–Crippen MR) is 65.7 cm³/mol. The Morgan fingerprint density at radius 2 is 2.06 bits per heavy atom. The maximum absolute atomic E-state index is 9.72. The fourth-order valence-electron chi connectivity index (χ4n) is 1.56. The molecule has 90 valence electrons. The van der Waals surface area contributed by atoms with Gasteiger partial charge in [-0.15, -0.1) is 0 Å². The minimum absolute atomic E-state index is 0.101. The summed E-state index contributed by atoms with van der Waals surface area (Å²) >= 11 is 6.03. The van der Waals surface area contributed by atoms with Crippen LogP contribution in [0.2, 0.25) is 5.02 Å². The number of benzene rings is 1. The van der Waals surface area contributed by atoms with Gasteiger partial charge in [-0.2, -0.15) is 0 Å². The van der Waals surface area contributed by atoms with E-state index in [9.17, 15) is 5.11 Å². The van der Waals surface area contributed by atoms with Gasteiger partial charge >= 0.3 is 0 Å². The molecule has 0 saturated heterocycles. The Hall–Kier alpha value is -0.770. The number of phenolic OH excluding ortho intramolecular Hbond substituents is 1. The van der Waals surface area contributed by atoms with E-state index in [4.69, 9.17) is 16.7 Å². The van der Waals surface area contributed by atoms with Gasteiger partial charge < -0.3 is 10.2 Å². The fourth-order valence-corrected chi connectivity index (χ4v) is 1.78. The molecule has 16 heavy (non-hydrogen) atoms. The van der Waals surface area contributed by atoms with E-state index in [1.807, 2.05) is 13.8 Å². The molecule has 1 rings (SSSR count). The van der Waals surface area contributed by atoms with Gasteiger partial charge in [0.1, 0.15) is 5.75 Å². The second kappa shape index (κ2) is 6.09. The summed E-state index contributed by atoms with van der Waals surface area (Å²) in [5.74, 6) is 0.205. The Labute approximate surface area is 101 Å².